The summed E-state index contributed by atoms with van der Waals surface area (Å²) in [5, 5.41) is 4.38. The van der Waals surface area contributed by atoms with E-state index < -0.39 is 0 Å². The van der Waals surface area contributed by atoms with Crippen LogP contribution in [-0.4, -0.2) is 30.2 Å². The molecule has 0 spiro atoms. The van der Waals surface area contributed by atoms with Gasteiger partial charge in [0.25, 0.3) is 11.8 Å². The molecule has 1 aromatic heterocycles. The van der Waals surface area contributed by atoms with E-state index in [4.69, 9.17) is 20.9 Å². The smallest absolute Gasteiger partial charge is 0.306 e. The third-order valence-electron chi connectivity index (χ3n) is 2.77. The zero-order valence-electron chi connectivity index (χ0n) is 11.9. The van der Waals surface area contributed by atoms with Gasteiger partial charge in [-0.15, -0.1) is 0 Å². The molecule has 0 fully saturated rings. The third kappa shape index (κ3) is 4.46. The molecule has 0 amide bonds. The van der Waals surface area contributed by atoms with Crippen molar-refractivity contribution in [2.75, 3.05) is 19.0 Å². The number of aryl methyl sites for hydroxylation is 1. The van der Waals surface area contributed by atoms with Crippen molar-refractivity contribution in [2.24, 2.45) is 0 Å². The van der Waals surface area contributed by atoms with E-state index in [2.05, 4.69) is 10.1 Å². The van der Waals surface area contributed by atoms with Crippen LogP contribution in [-0.2, 0) is 22.6 Å². The SMILES string of the molecule is CN(C)c1noc(COC(=O)CCc2ccccc2Cl)n1. The fraction of sp³-hybridized carbons (Fsp3) is 0.357. The lowest BCUT2D eigenvalue weighted by Crippen LogP contribution is -2.10. The molecule has 112 valence electrons. The number of benzene rings is 1. The lowest BCUT2D eigenvalue weighted by molar-refractivity contribution is -0.145. The Labute approximate surface area is 127 Å². The summed E-state index contributed by atoms with van der Waals surface area (Å²) >= 11 is 6.02. The van der Waals surface area contributed by atoms with E-state index in [1.807, 2.05) is 18.2 Å². The molecule has 2 aromatic rings. The summed E-state index contributed by atoms with van der Waals surface area (Å²) in [5.41, 5.74) is 0.920. The average molecular weight is 310 g/mol. The topological polar surface area (TPSA) is 68.5 Å². The highest BCUT2D eigenvalue weighted by Crippen LogP contribution is 2.16. The van der Waals surface area contributed by atoms with Crippen LogP contribution in [0.1, 0.15) is 17.9 Å². The molecule has 0 aliphatic heterocycles. The molecule has 21 heavy (non-hydrogen) atoms. The van der Waals surface area contributed by atoms with Crippen molar-refractivity contribution in [1.82, 2.24) is 10.1 Å². The Kier molecular flexibility index (Phi) is 5.16. The van der Waals surface area contributed by atoms with Crippen LogP contribution in [0.15, 0.2) is 28.8 Å². The van der Waals surface area contributed by atoms with Gasteiger partial charge < -0.3 is 14.2 Å². The number of nitrogens with zero attached hydrogens (tertiary/aromatic N) is 3. The number of hydrogen-bond acceptors (Lipinski definition) is 6. The lowest BCUT2D eigenvalue weighted by Gasteiger charge is -2.04. The molecule has 0 aliphatic carbocycles. The number of hydrogen-bond donors (Lipinski definition) is 0. The average Bonchev–Trinajstić information content (AvgIpc) is 2.93. The van der Waals surface area contributed by atoms with E-state index in [1.165, 1.54) is 0 Å². The minimum absolute atomic E-state index is 0.0256. The van der Waals surface area contributed by atoms with Crippen LogP contribution in [0.4, 0.5) is 5.95 Å². The first kappa shape index (κ1) is 15.3. The Bertz CT molecular complexity index is 613. The number of aromatic nitrogens is 2. The normalized spacial score (nSPS) is 10.4. The van der Waals surface area contributed by atoms with Gasteiger partial charge in [-0.3, -0.25) is 4.79 Å². The predicted octanol–water partition coefficient (Wildman–Crippen LogP) is 2.47. The first-order chi connectivity index (χ1) is 10.1. The molecular formula is C14H16ClN3O3. The van der Waals surface area contributed by atoms with Gasteiger partial charge in [0, 0.05) is 25.5 Å². The van der Waals surface area contributed by atoms with Gasteiger partial charge in [0.1, 0.15) is 0 Å². The minimum atomic E-state index is -0.334. The monoisotopic (exact) mass is 309 g/mol. The standard InChI is InChI=1S/C14H16ClN3O3/c1-18(2)14-16-12(21-17-14)9-20-13(19)8-7-10-5-3-4-6-11(10)15/h3-6H,7-9H2,1-2H3. The van der Waals surface area contributed by atoms with Gasteiger partial charge in [0.2, 0.25) is 0 Å². The highest BCUT2D eigenvalue weighted by molar-refractivity contribution is 6.31. The molecule has 0 atom stereocenters. The van der Waals surface area contributed by atoms with Crippen molar-refractivity contribution < 1.29 is 14.1 Å². The van der Waals surface area contributed by atoms with E-state index in [-0.39, 0.29) is 24.9 Å². The quantitative estimate of drug-likeness (QED) is 0.764. The Morgan fingerprint density at radius 1 is 1.38 bits per heavy atom. The molecule has 1 heterocycles. The molecule has 1 aromatic carbocycles. The second-order valence-electron chi connectivity index (χ2n) is 4.63. The molecule has 7 heteroatoms. The number of esters is 1. The molecule has 6 nitrogen and oxygen atoms in total. The Hall–Kier alpha value is -2.08. The van der Waals surface area contributed by atoms with Crippen LogP contribution in [0.3, 0.4) is 0 Å². The first-order valence-electron chi connectivity index (χ1n) is 6.45. The van der Waals surface area contributed by atoms with Gasteiger partial charge in [-0.2, -0.15) is 4.98 Å². The summed E-state index contributed by atoms with van der Waals surface area (Å²) in [5.74, 6) is 0.376. The van der Waals surface area contributed by atoms with Crippen molar-refractivity contribution in [3.05, 3.63) is 40.7 Å². The number of carbonyl (C=O) groups excluding carboxylic acids is 1. The summed E-state index contributed by atoms with van der Waals surface area (Å²) < 4.78 is 10.0. The summed E-state index contributed by atoms with van der Waals surface area (Å²) in [7, 11) is 3.59. The summed E-state index contributed by atoms with van der Waals surface area (Å²) in [6.07, 6.45) is 0.781. The maximum atomic E-state index is 11.7. The fourth-order valence-electron chi connectivity index (χ4n) is 1.64. The van der Waals surface area contributed by atoms with Crippen molar-refractivity contribution in [1.29, 1.82) is 0 Å². The second-order valence-corrected chi connectivity index (χ2v) is 5.04. The van der Waals surface area contributed by atoms with E-state index in [0.717, 1.165) is 5.56 Å². The van der Waals surface area contributed by atoms with Crippen molar-refractivity contribution in [3.8, 4) is 0 Å². The van der Waals surface area contributed by atoms with Crippen LogP contribution in [0.5, 0.6) is 0 Å². The lowest BCUT2D eigenvalue weighted by atomic mass is 10.1. The molecule has 0 bridgehead atoms. The molecule has 0 saturated heterocycles. The Morgan fingerprint density at radius 2 is 2.14 bits per heavy atom. The number of anilines is 1. The Morgan fingerprint density at radius 3 is 2.81 bits per heavy atom. The van der Waals surface area contributed by atoms with Gasteiger partial charge in [-0.1, -0.05) is 29.8 Å². The first-order valence-corrected chi connectivity index (χ1v) is 6.83. The minimum Gasteiger partial charge on any atom is -0.456 e. The van der Waals surface area contributed by atoms with E-state index in [9.17, 15) is 4.79 Å². The highest BCUT2D eigenvalue weighted by Gasteiger charge is 2.11. The predicted molar refractivity (Wildman–Crippen MR) is 78.2 cm³/mol. The van der Waals surface area contributed by atoms with Crippen LogP contribution >= 0.6 is 11.6 Å². The maximum Gasteiger partial charge on any atom is 0.306 e. The molecule has 0 aliphatic rings. The summed E-state index contributed by atoms with van der Waals surface area (Å²) in [6.45, 7) is -0.0256. The zero-order valence-corrected chi connectivity index (χ0v) is 12.6. The van der Waals surface area contributed by atoms with Gasteiger partial charge >= 0.3 is 5.97 Å². The summed E-state index contributed by atoms with van der Waals surface area (Å²) in [4.78, 5) is 17.4. The molecule has 0 unspecified atom stereocenters. The zero-order chi connectivity index (χ0) is 15.2. The van der Waals surface area contributed by atoms with E-state index >= 15 is 0 Å². The van der Waals surface area contributed by atoms with Gasteiger partial charge in [0.15, 0.2) is 6.61 Å². The number of ether oxygens (including phenoxy) is 1. The van der Waals surface area contributed by atoms with Crippen LogP contribution in [0, 0.1) is 0 Å². The second kappa shape index (κ2) is 7.08. The number of rotatable bonds is 6. The molecule has 0 radical (unpaired) electrons. The van der Waals surface area contributed by atoms with Crippen molar-refractivity contribution in [3.63, 3.8) is 0 Å². The van der Waals surface area contributed by atoms with Crippen molar-refractivity contribution in [2.45, 2.75) is 19.4 Å². The molecule has 0 saturated carbocycles. The maximum absolute atomic E-state index is 11.7. The van der Waals surface area contributed by atoms with Crippen LogP contribution in [0.2, 0.25) is 5.02 Å². The fourth-order valence-corrected chi connectivity index (χ4v) is 1.87. The number of halogens is 1. The van der Waals surface area contributed by atoms with Gasteiger partial charge in [-0.05, 0) is 23.2 Å². The van der Waals surface area contributed by atoms with Crippen LogP contribution < -0.4 is 4.90 Å². The summed E-state index contributed by atoms with van der Waals surface area (Å²) in [6, 6.07) is 7.41. The van der Waals surface area contributed by atoms with E-state index in [0.29, 0.717) is 17.4 Å². The molecular weight excluding hydrogens is 294 g/mol. The third-order valence-corrected chi connectivity index (χ3v) is 3.14. The largest absolute Gasteiger partial charge is 0.456 e. The molecule has 0 N–H and O–H groups in total. The van der Waals surface area contributed by atoms with Gasteiger partial charge in [0.05, 0.1) is 0 Å². The van der Waals surface area contributed by atoms with Crippen LogP contribution in [0.25, 0.3) is 0 Å². The number of carbonyl (C=O) groups is 1. The highest BCUT2D eigenvalue weighted by atomic mass is 35.5. The van der Waals surface area contributed by atoms with Gasteiger partial charge in [-0.25, -0.2) is 0 Å². The Balaban J connectivity index is 1.78. The molecule has 2 rings (SSSR count). The van der Waals surface area contributed by atoms with E-state index in [1.54, 1.807) is 25.1 Å². The van der Waals surface area contributed by atoms with Crippen molar-refractivity contribution >= 4 is 23.5 Å².